The molecular weight excluding hydrogens is 164 g/mol. The zero-order valence-corrected chi connectivity index (χ0v) is 8.83. The molecule has 1 aromatic rings. The van der Waals surface area contributed by atoms with Gasteiger partial charge < -0.3 is 5.32 Å². The molecule has 13 heavy (non-hydrogen) atoms. The van der Waals surface area contributed by atoms with Crippen LogP contribution in [0.4, 0.5) is 0 Å². The van der Waals surface area contributed by atoms with Gasteiger partial charge in [0.25, 0.3) is 0 Å². The van der Waals surface area contributed by atoms with E-state index >= 15 is 0 Å². The van der Waals surface area contributed by atoms with Gasteiger partial charge >= 0.3 is 0 Å². The van der Waals surface area contributed by atoms with Crippen LogP contribution in [0.3, 0.4) is 0 Å². The van der Waals surface area contributed by atoms with Gasteiger partial charge in [-0.3, -0.25) is 0 Å². The maximum atomic E-state index is 4.15. The molecule has 0 bridgehead atoms. The van der Waals surface area contributed by atoms with E-state index in [1.807, 2.05) is 11.7 Å². The summed E-state index contributed by atoms with van der Waals surface area (Å²) in [5.74, 6) is 0. The average molecular weight is 182 g/mol. The van der Waals surface area contributed by atoms with Crippen LogP contribution >= 0.6 is 0 Å². The first-order chi connectivity index (χ1) is 6.20. The predicted octanol–water partition coefficient (Wildman–Crippen LogP) is 1.14. The number of nitrogens with zero attached hydrogens (tertiary/aromatic N) is 3. The van der Waals surface area contributed by atoms with E-state index in [0.29, 0.717) is 6.04 Å². The topological polar surface area (TPSA) is 42.7 Å². The van der Waals surface area contributed by atoms with Crippen molar-refractivity contribution in [2.45, 2.75) is 39.8 Å². The Morgan fingerprint density at radius 3 is 2.62 bits per heavy atom. The molecule has 0 saturated carbocycles. The number of nitrogens with one attached hydrogen (secondary N) is 1. The van der Waals surface area contributed by atoms with E-state index in [1.165, 1.54) is 5.69 Å². The fourth-order valence-electron chi connectivity index (χ4n) is 1.43. The standard InChI is InChI=1S/C9H18N4/c1-5-9-8(6-10-4)11-12-13(9)7(2)3/h7,10H,5-6H2,1-4H3. The molecule has 0 radical (unpaired) electrons. The Morgan fingerprint density at radius 1 is 1.46 bits per heavy atom. The van der Waals surface area contributed by atoms with E-state index in [2.05, 4.69) is 36.4 Å². The molecule has 0 unspecified atom stereocenters. The van der Waals surface area contributed by atoms with Crippen molar-refractivity contribution in [1.82, 2.24) is 20.3 Å². The third-order valence-corrected chi connectivity index (χ3v) is 2.04. The summed E-state index contributed by atoms with van der Waals surface area (Å²) in [6.07, 6.45) is 0.988. The van der Waals surface area contributed by atoms with Crippen LogP contribution in [-0.2, 0) is 13.0 Å². The maximum absolute atomic E-state index is 4.15. The molecule has 1 N–H and O–H groups in total. The van der Waals surface area contributed by atoms with Crippen molar-refractivity contribution in [3.8, 4) is 0 Å². The molecule has 0 amide bonds. The summed E-state index contributed by atoms with van der Waals surface area (Å²) in [6.45, 7) is 7.18. The number of hydrogen-bond acceptors (Lipinski definition) is 3. The normalized spacial score (nSPS) is 11.2. The lowest BCUT2D eigenvalue weighted by molar-refractivity contribution is 0.496. The van der Waals surface area contributed by atoms with E-state index in [-0.39, 0.29) is 0 Å². The minimum Gasteiger partial charge on any atom is -0.314 e. The predicted molar refractivity (Wildman–Crippen MR) is 52.5 cm³/mol. The highest BCUT2D eigenvalue weighted by atomic mass is 15.4. The van der Waals surface area contributed by atoms with Crippen LogP contribution in [0.1, 0.15) is 38.2 Å². The quantitative estimate of drug-likeness (QED) is 0.759. The van der Waals surface area contributed by atoms with Crippen molar-refractivity contribution in [3.05, 3.63) is 11.4 Å². The molecule has 0 atom stereocenters. The van der Waals surface area contributed by atoms with Gasteiger partial charge in [0, 0.05) is 12.6 Å². The first-order valence-electron chi connectivity index (χ1n) is 4.78. The van der Waals surface area contributed by atoms with E-state index in [0.717, 1.165) is 18.7 Å². The minimum atomic E-state index is 0.396. The van der Waals surface area contributed by atoms with Crippen LogP contribution in [0.25, 0.3) is 0 Å². The SMILES string of the molecule is CCc1c(CNC)nnn1C(C)C. The summed E-state index contributed by atoms with van der Waals surface area (Å²) in [5.41, 5.74) is 2.31. The Morgan fingerprint density at radius 2 is 2.15 bits per heavy atom. The summed E-state index contributed by atoms with van der Waals surface area (Å²) in [4.78, 5) is 0. The van der Waals surface area contributed by atoms with E-state index in [9.17, 15) is 0 Å². The molecule has 0 spiro atoms. The van der Waals surface area contributed by atoms with E-state index in [1.54, 1.807) is 0 Å². The molecule has 1 heterocycles. The Kier molecular flexibility index (Phi) is 3.42. The molecular formula is C9H18N4. The fourth-order valence-corrected chi connectivity index (χ4v) is 1.43. The molecule has 1 aromatic heterocycles. The minimum absolute atomic E-state index is 0.396. The van der Waals surface area contributed by atoms with Gasteiger partial charge in [-0.1, -0.05) is 12.1 Å². The molecule has 0 aromatic carbocycles. The van der Waals surface area contributed by atoms with E-state index in [4.69, 9.17) is 0 Å². The largest absolute Gasteiger partial charge is 0.314 e. The summed E-state index contributed by atoms with van der Waals surface area (Å²) in [7, 11) is 1.92. The monoisotopic (exact) mass is 182 g/mol. The van der Waals surface area contributed by atoms with Crippen molar-refractivity contribution in [3.63, 3.8) is 0 Å². The van der Waals surface area contributed by atoms with Crippen molar-refractivity contribution < 1.29 is 0 Å². The lowest BCUT2D eigenvalue weighted by Crippen LogP contribution is -2.10. The molecule has 0 fully saturated rings. The van der Waals surface area contributed by atoms with Gasteiger partial charge in [0.15, 0.2) is 0 Å². The summed E-state index contributed by atoms with van der Waals surface area (Å²) in [5, 5.41) is 11.4. The van der Waals surface area contributed by atoms with Gasteiger partial charge in [-0.25, -0.2) is 4.68 Å². The van der Waals surface area contributed by atoms with Gasteiger partial charge in [0.2, 0.25) is 0 Å². The van der Waals surface area contributed by atoms with Crippen LogP contribution in [-0.4, -0.2) is 22.0 Å². The molecule has 0 aliphatic heterocycles. The van der Waals surface area contributed by atoms with Gasteiger partial charge in [0.1, 0.15) is 0 Å². The first kappa shape index (κ1) is 10.2. The average Bonchev–Trinajstić information content (AvgIpc) is 2.48. The molecule has 0 aliphatic rings. The van der Waals surface area contributed by atoms with E-state index < -0.39 is 0 Å². The summed E-state index contributed by atoms with van der Waals surface area (Å²) >= 11 is 0. The maximum Gasteiger partial charge on any atom is 0.0996 e. The van der Waals surface area contributed by atoms with Crippen LogP contribution in [0.5, 0.6) is 0 Å². The number of hydrogen-bond donors (Lipinski definition) is 1. The molecule has 74 valence electrons. The second-order valence-corrected chi connectivity index (χ2v) is 3.41. The van der Waals surface area contributed by atoms with Crippen molar-refractivity contribution in [2.75, 3.05) is 7.05 Å². The van der Waals surface area contributed by atoms with Crippen molar-refractivity contribution >= 4 is 0 Å². The Hall–Kier alpha value is -0.900. The highest BCUT2D eigenvalue weighted by Gasteiger charge is 2.11. The highest BCUT2D eigenvalue weighted by molar-refractivity contribution is 5.10. The van der Waals surface area contributed by atoms with Crippen LogP contribution < -0.4 is 5.32 Å². The molecule has 4 heteroatoms. The zero-order valence-electron chi connectivity index (χ0n) is 8.83. The van der Waals surface area contributed by atoms with Gasteiger partial charge in [-0.05, 0) is 27.3 Å². The number of rotatable bonds is 4. The third-order valence-electron chi connectivity index (χ3n) is 2.04. The fraction of sp³-hybridized carbons (Fsp3) is 0.778. The van der Waals surface area contributed by atoms with Crippen LogP contribution in [0, 0.1) is 0 Å². The first-order valence-corrected chi connectivity index (χ1v) is 4.78. The molecule has 1 rings (SSSR count). The Labute approximate surface area is 79.3 Å². The highest BCUT2D eigenvalue weighted by Crippen LogP contribution is 2.11. The zero-order chi connectivity index (χ0) is 9.84. The summed E-state index contributed by atoms with van der Waals surface area (Å²) < 4.78 is 1.99. The van der Waals surface area contributed by atoms with Crippen molar-refractivity contribution in [1.29, 1.82) is 0 Å². The lowest BCUT2D eigenvalue weighted by atomic mass is 10.2. The molecule has 4 nitrogen and oxygen atoms in total. The van der Waals surface area contributed by atoms with Crippen molar-refractivity contribution in [2.24, 2.45) is 0 Å². The van der Waals surface area contributed by atoms with Crippen LogP contribution in [0.15, 0.2) is 0 Å². The lowest BCUT2D eigenvalue weighted by Gasteiger charge is -2.08. The van der Waals surface area contributed by atoms with Gasteiger partial charge in [-0.15, -0.1) is 5.10 Å². The second-order valence-electron chi connectivity index (χ2n) is 3.41. The third kappa shape index (κ3) is 2.06. The number of aromatic nitrogens is 3. The second kappa shape index (κ2) is 4.37. The molecule has 0 aliphatic carbocycles. The van der Waals surface area contributed by atoms with Gasteiger partial charge in [-0.2, -0.15) is 0 Å². The van der Waals surface area contributed by atoms with Gasteiger partial charge in [0.05, 0.1) is 11.4 Å². The smallest absolute Gasteiger partial charge is 0.0996 e. The molecule has 0 saturated heterocycles. The summed E-state index contributed by atoms with van der Waals surface area (Å²) in [6, 6.07) is 0.396. The van der Waals surface area contributed by atoms with Crippen LogP contribution in [0.2, 0.25) is 0 Å². The Balaban J connectivity index is 2.96. The Bertz CT molecular complexity index is 265.